The van der Waals surface area contributed by atoms with E-state index in [1.54, 1.807) is 24.5 Å². The molecular weight excluding hydrogens is 294 g/mol. The predicted molar refractivity (Wildman–Crippen MR) is 87.3 cm³/mol. The van der Waals surface area contributed by atoms with Crippen LogP contribution in [0.3, 0.4) is 0 Å². The van der Waals surface area contributed by atoms with Gasteiger partial charge < -0.3 is 10.1 Å². The van der Waals surface area contributed by atoms with Gasteiger partial charge in [-0.2, -0.15) is 0 Å². The second-order valence-corrected chi connectivity index (χ2v) is 5.90. The van der Waals surface area contributed by atoms with Crippen LogP contribution in [0.1, 0.15) is 26.3 Å². The molecule has 1 aliphatic rings. The molecule has 1 aliphatic heterocycles. The number of anilines is 1. The average molecular weight is 311 g/mol. The Morgan fingerprint density at radius 1 is 1.30 bits per heavy atom. The number of nitrogens with zero attached hydrogens (tertiary/aromatic N) is 2. The first kappa shape index (κ1) is 15.0. The Labute approximate surface area is 133 Å². The van der Waals surface area contributed by atoms with E-state index in [4.69, 9.17) is 4.74 Å². The lowest BCUT2D eigenvalue weighted by Gasteiger charge is -2.30. The van der Waals surface area contributed by atoms with Gasteiger partial charge in [0.05, 0.1) is 16.9 Å². The van der Waals surface area contributed by atoms with Gasteiger partial charge >= 0.3 is 0 Å². The number of hydrogen-bond donors (Lipinski definition) is 1. The van der Waals surface area contributed by atoms with Gasteiger partial charge in [0.25, 0.3) is 5.56 Å². The molecular formula is C17H17N3O3. The Bertz CT molecular complexity index is 865. The Balaban J connectivity index is 2.18. The van der Waals surface area contributed by atoms with E-state index in [9.17, 15) is 9.59 Å². The molecule has 0 unspecified atom stereocenters. The molecule has 0 saturated heterocycles. The molecule has 0 aromatic carbocycles. The smallest absolute Gasteiger partial charge is 0.255 e. The normalized spacial score (nSPS) is 15.2. The standard InChI is InChI=1S/C17H17N3O3/c1-11(21)19-12-6-7-15(22)20(10-12)14-9-17(2,3)23-16-13(14)5-4-8-18-16/h4-10H,1-3H3,(H,19,21). The fourth-order valence-corrected chi connectivity index (χ4v) is 2.50. The SMILES string of the molecule is CC(=O)Nc1ccc(=O)n(C2=CC(C)(C)Oc3ncccc32)c1. The van der Waals surface area contributed by atoms with Crippen LogP contribution in [-0.4, -0.2) is 21.1 Å². The molecule has 0 atom stereocenters. The van der Waals surface area contributed by atoms with Crippen molar-refractivity contribution in [1.82, 2.24) is 9.55 Å². The number of aromatic nitrogens is 2. The highest BCUT2D eigenvalue weighted by atomic mass is 16.5. The van der Waals surface area contributed by atoms with Crippen LogP contribution < -0.4 is 15.6 Å². The van der Waals surface area contributed by atoms with Gasteiger partial charge in [0.2, 0.25) is 11.8 Å². The van der Waals surface area contributed by atoms with Crippen molar-refractivity contribution in [3.05, 3.63) is 58.7 Å². The minimum Gasteiger partial charge on any atom is -0.467 e. The zero-order valence-corrected chi connectivity index (χ0v) is 13.2. The highest BCUT2D eigenvalue weighted by molar-refractivity contribution is 5.88. The summed E-state index contributed by atoms with van der Waals surface area (Å²) in [5.74, 6) is 0.283. The molecule has 2 aromatic rings. The summed E-state index contributed by atoms with van der Waals surface area (Å²) < 4.78 is 7.33. The Morgan fingerprint density at radius 2 is 2.09 bits per heavy atom. The van der Waals surface area contributed by atoms with Crippen molar-refractivity contribution in [2.45, 2.75) is 26.4 Å². The molecule has 0 fully saturated rings. The van der Waals surface area contributed by atoms with Crippen molar-refractivity contribution in [2.75, 3.05) is 5.32 Å². The van der Waals surface area contributed by atoms with Crippen molar-refractivity contribution < 1.29 is 9.53 Å². The van der Waals surface area contributed by atoms with E-state index in [2.05, 4.69) is 10.3 Å². The lowest BCUT2D eigenvalue weighted by molar-refractivity contribution is -0.114. The lowest BCUT2D eigenvalue weighted by Crippen LogP contribution is -2.32. The number of hydrogen-bond acceptors (Lipinski definition) is 4. The molecule has 2 aromatic heterocycles. The number of carbonyl (C=O) groups excluding carboxylic acids is 1. The van der Waals surface area contributed by atoms with Crippen LogP contribution in [0, 0.1) is 0 Å². The maximum Gasteiger partial charge on any atom is 0.255 e. The fraction of sp³-hybridized carbons (Fsp3) is 0.235. The van der Waals surface area contributed by atoms with Crippen LogP contribution in [0.2, 0.25) is 0 Å². The summed E-state index contributed by atoms with van der Waals surface area (Å²) in [6.45, 7) is 5.21. The van der Waals surface area contributed by atoms with Gasteiger partial charge in [0, 0.05) is 25.4 Å². The number of rotatable bonds is 2. The molecule has 3 rings (SSSR count). The van der Waals surface area contributed by atoms with Crippen molar-refractivity contribution in [3.63, 3.8) is 0 Å². The van der Waals surface area contributed by atoms with Gasteiger partial charge in [0.15, 0.2) is 0 Å². The van der Waals surface area contributed by atoms with E-state index in [1.165, 1.54) is 17.6 Å². The predicted octanol–water partition coefficient (Wildman–Crippen LogP) is 2.26. The topological polar surface area (TPSA) is 73.2 Å². The molecule has 0 bridgehead atoms. The third-order valence-electron chi connectivity index (χ3n) is 3.38. The van der Waals surface area contributed by atoms with Crippen molar-refractivity contribution >= 4 is 17.3 Å². The maximum atomic E-state index is 12.3. The van der Waals surface area contributed by atoms with E-state index in [0.717, 1.165) is 5.56 Å². The van der Waals surface area contributed by atoms with Gasteiger partial charge in [-0.15, -0.1) is 0 Å². The van der Waals surface area contributed by atoms with Gasteiger partial charge in [0.1, 0.15) is 5.60 Å². The summed E-state index contributed by atoms with van der Waals surface area (Å²) in [6, 6.07) is 6.64. The maximum absolute atomic E-state index is 12.3. The van der Waals surface area contributed by atoms with E-state index in [0.29, 0.717) is 17.3 Å². The Morgan fingerprint density at radius 3 is 2.83 bits per heavy atom. The fourth-order valence-electron chi connectivity index (χ4n) is 2.50. The molecule has 6 heteroatoms. The first-order valence-electron chi connectivity index (χ1n) is 7.24. The first-order valence-corrected chi connectivity index (χ1v) is 7.24. The summed E-state index contributed by atoms with van der Waals surface area (Å²) in [7, 11) is 0. The largest absolute Gasteiger partial charge is 0.467 e. The quantitative estimate of drug-likeness (QED) is 0.923. The van der Waals surface area contributed by atoms with Crippen LogP contribution in [0.15, 0.2) is 47.5 Å². The van der Waals surface area contributed by atoms with Crippen LogP contribution in [0.4, 0.5) is 5.69 Å². The monoisotopic (exact) mass is 311 g/mol. The summed E-state index contributed by atoms with van der Waals surface area (Å²) in [6.07, 6.45) is 5.12. The summed E-state index contributed by atoms with van der Waals surface area (Å²) in [4.78, 5) is 27.8. The zero-order chi connectivity index (χ0) is 16.6. The number of ether oxygens (including phenoxy) is 1. The molecule has 0 radical (unpaired) electrons. The zero-order valence-electron chi connectivity index (χ0n) is 13.2. The van der Waals surface area contributed by atoms with Crippen molar-refractivity contribution in [1.29, 1.82) is 0 Å². The number of pyridine rings is 2. The van der Waals surface area contributed by atoms with Crippen molar-refractivity contribution in [2.24, 2.45) is 0 Å². The molecule has 0 spiro atoms. The van der Waals surface area contributed by atoms with Crippen LogP contribution in [-0.2, 0) is 4.79 Å². The van der Waals surface area contributed by atoms with Gasteiger partial charge in [-0.25, -0.2) is 4.98 Å². The number of amides is 1. The van der Waals surface area contributed by atoms with Crippen LogP contribution in [0.25, 0.3) is 5.70 Å². The molecule has 23 heavy (non-hydrogen) atoms. The Kier molecular flexibility index (Phi) is 3.52. The first-order chi connectivity index (χ1) is 10.9. The third-order valence-corrected chi connectivity index (χ3v) is 3.38. The highest BCUT2D eigenvalue weighted by Gasteiger charge is 2.28. The Hall–Kier alpha value is -2.89. The summed E-state index contributed by atoms with van der Waals surface area (Å²) >= 11 is 0. The number of fused-ring (bicyclic) bond motifs is 1. The molecule has 118 valence electrons. The minimum absolute atomic E-state index is 0.196. The van der Waals surface area contributed by atoms with E-state index in [1.807, 2.05) is 26.0 Å². The second kappa shape index (κ2) is 5.39. The summed E-state index contributed by atoms with van der Waals surface area (Å²) in [5.41, 5.74) is 1.17. The number of carbonyl (C=O) groups is 1. The molecule has 0 saturated carbocycles. The molecule has 6 nitrogen and oxygen atoms in total. The third kappa shape index (κ3) is 3.01. The van der Waals surface area contributed by atoms with E-state index >= 15 is 0 Å². The van der Waals surface area contributed by atoms with Gasteiger partial charge in [-0.1, -0.05) is 0 Å². The van der Waals surface area contributed by atoms with Crippen LogP contribution >= 0.6 is 0 Å². The lowest BCUT2D eigenvalue weighted by atomic mass is 10.0. The van der Waals surface area contributed by atoms with Gasteiger partial charge in [-0.3, -0.25) is 14.2 Å². The summed E-state index contributed by atoms with van der Waals surface area (Å²) in [5, 5.41) is 2.68. The average Bonchev–Trinajstić information content (AvgIpc) is 2.47. The number of nitrogens with one attached hydrogen (secondary N) is 1. The van der Waals surface area contributed by atoms with E-state index < -0.39 is 5.60 Å². The molecule has 3 heterocycles. The molecule has 1 N–H and O–H groups in total. The van der Waals surface area contributed by atoms with Crippen LogP contribution in [0.5, 0.6) is 5.88 Å². The molecule has 0 aliphatic carbocycles. The molecule has 1 amide bonds. The van der Waals surface area contributed by atoms with Gasteiger partial charge in [-0.05, 0) is 38.1 Å². The van der Waals surface area contributed by atoms with Crippen molar-refractivity contribution in [3.8, 4) is 5.88 Å². The second-order valence-electron chi connectivity index (χ2n) is 5.90. The van der Waals surface area contributed by atoms with E-state index in [-0.39, 0.29) is 11.5 Å². The minimum atomic E-state index is -0.597. The highest BCUT2D eigenvalue weighted by Crippen LogP contribution is 2.34.